The Labute approximate surface area is 144 Å². The molecule has 24 heavy (non-hydrogen) atoms. The van der Waals surface area contributed by atoms with Crippen LogP contribution in [0.15, 0.2) is 16.5 Å². The van der Waals surface area contributed by atoms with Gasteiger partial charge in [-0.1, -0.05) is 12.8 Å². The van der Waals surface area contributed by atoms with E-state index in [0.717, 1.165) is 56.7 Å². The van der Waals surface area contributed by atoms with Crippen molar-refractivity contribution in [3.05, 3.63) is 23.7 Å². The van der Waals surface area contributed by atoms with Crippen LogP contribution in [0.2, 0.25) is 0 Å². The van der Waals surface area contributed by atoms with Crippen LogP contribution < -0.4 is 10.6 Å². The minimum atomic E-state index is -0.0572. The largest absolute Gasteiger partial charge is 0.466 e. The monoisotopic (exact) mass is 334 g/mol. The van der Waals surface area contributed by atoms with Gasteiger partial charge in [-0.3, -0.25) is 0 Å². The number of amides is 2. The fraction of sp³-hybridized carbons (Fsp3) is 0.737. The molecule has 2 N–H and O–H groups in total. The highest BCUT2D eigenvalue weighted by Gasteiger charge is 2.40. The van der Waals surface area contributed by atoms with E-state index >= 15 is 0 Å². The van der Waals surface area contributed by atoms with Gasteiger partial charge in [0, 0.05) is 25.1 Å². The van der Waals surface area contributed by atoms with E-state index in [-0.39, 0.29) is 23.7 Å². The highest BCUT2D eigenvalue weighted by atomic mass is 16.5. The van der Waals surface area contributed by atoms with Crippen molar-refractivity contribution in [1.29, 1.82) is 0 Å². The Morgan fingerprint density at radius 3 is 2.88 bits per heavy atom. The Bertz CT molecular complexity index is 549. The highest BCUT2D eigenvalue weighted by molar-refractivity contribution is 5.74. The fourth-order valence-corrected chi connectivity index (χ4v) is 4.02. The maximum Gasteiger partial charge on any atom is 0.315 e. The molecule has 3 rings (SSSR count). The maximum atomic E-state index is 12.3. The zero-order valence-electron chi connectivity index (χ0n) is 14.9. The molecule has 1 aliphatic heterocycles. The number of carbonyl (C=O) groups is 1. The molecule has 0 unspecified atom stereocenters. The quantitative estimate of drug-likeness (QED) is 0.863. The fourth-order valence-electron chi connectivity index (χ4n) is 4.02. The van der Waals surface area contributed by atoms with Gasteiger partial charge in [0.1, 0.15) is 11.5 Å². The van der Waals surface area contributed by atoms with Crippen molar-refractivity contribution in [2.45, 2.75) is 82.9 Å². The van der Waals surface area contributed by atoms with E-state index < -0.39 is 0 Å². The number of furan rings is 1. The second-order valence-corrected chi connectivity index (χ2v) is 7.50. The highest BCUT2D eigenvalue weighted by Crippen LogP contribution is 2.39. The van der Waals surface area contributed by atoms with Crippen molar-refractivity contribution in [3.63, 3.8) is 0 Å². The summed E-state index contributed by atoms with van der Waals surface area (Å²) in [4.78, 5) is 12.3. The summed E-state index contributed by atoms with van der Waals surface area (Å²) in [5.41, 5.74) is 0.0406. The maximum absolute atomic E-state index is 12.3. The van der Waals surface area contributed by atoms with Crippen LogP contribution in [0.1, 0.15) is 63.4 Å². The SMILES string of the molecule is Cc1ccc(CC[C@H](C)NC(=O)N[C@H]2CCOC3(CCCC3)C2)o1. The molecule has 2 heterocycles. The average Bonchev–Trinajstić information content (AvgIpc) is 3.14. The Morgan fingerprint density at radius 2 is 2.17 bits per heavy atom. The summed E-state index contributed by atoms with van der Waals surface area (Å²) >= 11 is 0. The summed E-state index contributed by atoms with van der Waals surface area (Å²) < 4.78 is 11.6. The lowest BCUT2D eigenvalue weighted by Crippen LogP contribution is -2.51. The third-order valence-electron chi connectivity index (χ3n) is 5.34. The minimum Gasteiger partial charge on any atom is -0.466 e. The van der Waals surface area contributed by atoms with Crippen LogP contribution in [-0.2, 0) is 11.2 Å². The summed E-state index contributed by atoms with van der Waals surface area (Å²) in [7, 11) is 0. The lowest BCUT2D eigenvalue weighted by molar-refractivity contribution is -0.0820. The van der Waals surface area contributed by atoms with E-state index in [0.29, 0.717) is 0 Å². The molecule has 2 atom stereocenters. The third-order valence-corrected chi connectivity index (χ3v) is 5.34. The molecule has 134 valence electrons. The van der Waals surface area contributed by atoms with Crippen LogP contribution in [0, 0.1) is 6.92 Å². The van der Waals surface area contributed by atoms with Gasteiger partial charge in [0.15, 0.2) is 0 Å². The number of hydrogen-bond donors (Lipinski definition) is 2. The number of carbonyl (C=O) groups excluding carboxylic acids is 1. The van der Waals surface area contributed by atoms with Gasteiger partial charge in [-0.05, 0) is 58.1 Å². The molecule has 0 bridgehead atoms. The van der Waals surface area contributed by atoms with E-state index in [2.05, 4.69) is 10.6 Å². The average molecular weight is 334 g/mol. The van der Waals surface area contributed by atoms with E-state index in [9.17, 15) is 4.79 Å². The summed E-state index contributed by atoms with van der Waals surface area (Å²) in [6.45, 7) is 4.75. The van der Waals surface area contributed by atoms with Crippen molar-refractivity contribution < 1.29 is 13.9 Å². The van der Waals surface area contributed by atoms with E-state index in [1.165, 1.54) is 12.8 Å². The normalized spacial score (nSPS) is 24.0. The molecule has 5 nitrogen and oxygen atoms in total. The molecule has 5 heteroatoms. The standard InChI is InChI=1S/C19H30N2O3/c1-14(5-7-17-8-6-15(2)24-17)20-18(22)21-16-9-12-23-19(13-16)10-3-4-11-19/h6,8,14,16H,3-5,7,9-13H2,1-2H3,(H2,20,21,22)/t14-,16-/m0/s1. The molecule has 1 aromatic heterocycles. The second-order valence-electron chi connectivity index (χ2n) is 7.50. The van der Waals surface area contributed by atoms with Crippen molar-refractivity contribution in [1.82, 2.24) is 10.6 Å². The van der Waals surface area contributed by atoms with Gasteiger partial charge in [-0.25, -0.2) is 4.79 Å². The Balaban J connectivity index is 1.39. The lowest BCUT2D eigenvalue weighted by atomic mass is 9.89. The van der Waals surface area contributed by atoms with Crippen molar-refractivity contribution in [2.75, 3.05) is 6.61 Å². The van der Waals surface area contributed by atoms with Gasteiger partial charge in [0.25, 0.3) is 0 Å². The topological polar surface area (TPSA) is 63.5 Å². The van der Waals surface area contributed by atoms with E-state index in [1.807, 2.05) is 26.0 Å². The van der Waals surface area contributed by atoms with Crippen molar-refractivity contribution >= 4 is 6.03 Å². The molecule has 1 spiro atoms. The van der Waals surface area contributed by atoms with Crippen LogP contribution >= 0.6 is 0 Å². The Kier molecular flexibility index (Phi) is 5.49. The third kappa shape index (κ3) is 4.53. The van der Waals surface area contributed by atoms with Gasteiger partial charge < -0.3 is 19.8 Å². The van der Waals surface area contributed by atoms with Crippen LogP contribution in [0.3, 0.4) is 0 Å². The molecule has 0 aromatic carbocycles. The van der Waals surface area contributed by atoms with Crippen molar-refractivity contribution in [2.24, 2.45) is 0 Å². The van der Waals surface area contributed by atoms with E-state index in [1.54, 1.807) is 0 Å². The van der Waals surface area contributed by atoms with Crippen LogP contribution in [0.4, 0.5) is 4.79 Å². The summed E-state index contributed by atoms with van der Waals surface area (Å²) in [6, 6.07) is 4.28. The van der Waals surface area contributed by atoms with Crippen molar-refractivity contribution in [3.8, 4) is 0 Å². The molecule has 2 amide bonds. The smallest absolute Gasteiger partial charge is 0.315 e. The molecule has 1 aliphatic carbocycles. The number of urea groups is 1. The van der Waals surface area contributed by atoms with Crippen LogP contribution in [-0.4, -0.2) is 30.3 Å². The molecular weight excluding hydrogens is 304 g/mol. The molecule has 2 fully saturated rings. The predicted octanol–water partition coefficient (Wildman–Crippen LogP) is 3.70. The minimum absolute atomic E-state index is 0.0406. The zero-order chi connectivity index (χ0) is 17.0. The molecule has 1 saturated carbocycles. The van der Waals surface area contributed by atoms with Gasteiger partial charge in [-0.15, -0.1) is 0 Å². The van der Waals surface area contributed by atoms with Gasteiger partial charge in [0.2, 0.25) is 0 Å². The predicted molar refractivity (Wildman–Crippen MR) is 93.1 cm³/mol. The number of nitrogens with one attached hydrogen (secondary N) is 2. The second kappa shape index (κ2) is 7.60. The summed E-state index contributed by atoms with van der Waals surface area (Å²) in [6.07, 6.45) is 8.38. The first-order valence-electron chi connectivity index (χ1n) is 9.31. The summed E-state index contributed by atoms with van der Waals surface area (Å²) in [5, 5.41) is 6.20. The molecule has 2 aliphatic rings. The Hall–Kier alpha value is -1.49. The lowest BCUT2D eigenvalue weighted by Gasteiger charge is -2.38. The van der Waals surface area contributed by atoms with Gasteiger partial charge in [-0.2, -0.15) is 0 Å². The number of ether oxygens (including phenoxy) is 1. The number of rotatable bonds is 5. The Morgan fingerprint density at radius 1 is 1.38 bits per heavy atom. The van der Waals surface area contributed by atoms with E-state index in [4.69, 9.17) is 9.15 Å². The molecule has 0 radical (unpaired) electrons. The van der Waals surface area contributed by atoms with Crippen LogP contribution in [0.5, 0.6) is 0 Å². The van der Waals surface area contributed by atoms with Gasteiger partial charge >= 0.3 is 6.03 Å². The number of aryl methyl sites for hydroxylation is 2. The first-order chi connectivity index (χ1) is 11.5. The molecular formula is C19H30N2O3. The first kappa shape index (κ1) is 17.3. The molecule has 1 saturated heterocycles. The summed E-state index contributed by atoms with van der Waals surface area (Å²) in [5.74, 6) is 1.91. The molecule has 1 aromatic rings. The van der Waals surface area contributed by atoms with Crippen LogP contribution in [0.25, 0.3) is 0 Å². The first-order valence-corrected chi connectivity index (χ1v) is 9.31. The van der Waals surface area contributed by atoms with Gasteiger partial charge in [0.05, 0.1) is 5.60 Å². The zero-order valence-corrected chi connectivity index (χ0v) is 14.9. The number of hydrogen-bond acceptors (Lipinski definition) is 3.